The fourth-order valence-corrected chi connectivity index (χ4v) is 4.05. The zero-order chi connectivity index (χ0) is 22.3. The second-order valence-electron chi connectivity index (χ2n) is 8.23. The molecule has 1 aliphatic rings. The molecule has 0 spiro atoms. The van der Waals surface area contributed by atoms with Crippen LogP contribution in [0.15, 0.2) is 12.1 Å². The van der Waals surface area contributed by atoms with Gasteiger partial charge in [-0.05, 0) is 48.3 Å². The van der Waals surface area contributed by atoms with Gasteiger partial charge in [-0.2, -0.15) is 0 Å². The van der Waals surface area contributed by atoms with Crippen LogP contribution in [0.5, 0.6) is 17.2 Å². The van der Waals surface area contributed by atoms with E-state index in [-0.39, 0.29) is 19.1 Å². The molecule has 1 aromatic carbocycles. The lowest BCUT2D eigenvalue weighted by atomic mass is 9.75. The summed E-state index contributed by atoms with van der Waals surface area (Å²) in [7, 11) is 4.52. The molecule has 0 saturated heterocycles. The van der Waals surface area contributed by atoms with Gasteiger partial charge < -0.3 is 23.7 Å². The zero-order valence-corrected chi connectivity index (χ0v) is 18.9. The lowest BCUT2D eigenvalue weighted by molar-refractivity contribution is -0.166. The van der Waals surface area contributed by atoms with Crippen molar-refractivity contribution in [3.63, 3.8) is 0 Å². The van der Waals surface area contributed by atoms with Gasteiger partial charge in [-0.1, -0.05) is 27.2 Å². The van der Waals surface area contributed by atoms with E-state index < -0.39 is 11.9 Å². The Labute approximate surface area is 179 Å². The zero-order valence-electron chi connectivity index (χ0n) is 18.9. The highest BCUT2D eigenvalue weighted by molar-refractivity contribution is 5.78. The van der Waals surface area contributed by atoms with Crippen molar-refractivity contribution in [2.45, 2.75) is 52.6 Å². The molecule has 2 rings (SSSR count). The predicted molar refractivity (Wildman–Crippen MR) is 112 cm³/mol. The minimum Gasteiger partial charge on any atom is -0.493 e. The smallest absolute Gasteiger partial charge is 0.344 e. The second-order valence-corrected chi connectivity index (χ2v) is 8.23. The van der Waals surface area contributed by atoms with Crippen molar-refractivity contribution in [3.05, 3.63) is 17.7 Å². The summed E-state index contributed by atoms with van der Waals surface area (Å²) in [5, 5.41) is 0. The first-order valence-electron chi connectivity index (χ1n) is 10.4. The molecule has 0 heterocycles. The van der Waals surface area contributed by atoms with E-state index in [1.165, 1.54) is 21.3 Å². The van der Waals surface area contributed by atoms with Gasteiger partial charge in [0.15, 0.2) is 18.1 Å². The average Bonchev–Trinajstić information content (AvgIpc) is 2.71. The minimum absolute atomic E-state index is 0.0287. The Kier molecular flexibility index (Phi) is 8.81. The van der Waals surface area contributed by atoms with E-state index in [4.69, 9.17) is 23.7 Å². The van der Waals surface area contributed by atoms with Gasteiger partial charge >= 0.3 is 11.9 Å². The third-order valence-electron chi connectivity index (χ3n) is 5.67. The number of rotatable bonds is 9. The second kappa shape index (κ2) is 11.1. The molecule has 1 fully saturated rings. The summed E-state index contributed by atoms with van der Waals surface area (Å²) in [4.78, 5) is 24.5. The highest BCUT2D eigenvalue weighted by Crippen LogP contribution is 2.38. The average molecular weight is 423 g/mol. The van der Waals surface area contributed by atoms with Crippen LogP contribution in [0.1, 0.15) is 45.6 Å². The Morgan fingerprint density at radius 3 is 2.17 bits per heavy atom. The molecule has 1 aromatic rings. The van der Waals surface area contributed by atoms with Crippen molar-refractivity contribution in [3.8, 4) is 17.2 Å². The number of ether oxygens (including phenoxy) is 5. The van der Waals surface area contributed by atoms with Gasteiger partial charge in [0.2, 0.25) is 5.75 Å². The highest BCUT2D eigenvalue weighted by atomic mass is 16.6. The summed E-state index contributed by atoms with van der Waals surface area (Å²) in [6.07, 6.45) is 2.92. The molecule has 0 radical (unpaired) electrons. The van der Waals surface area contributed by atoms with Crippen molar-refractivity contribution in [1.29, 1.82) is 0 Å². The summed E-state index contributed by atoms with van der Waals surface area (Å²) in [6.45, 7) is 6.09. The van der Waals surface area contributed by atoms with Crippen LogP contribution in [-0.4, -0.2) is 46.0 Å². The number of carbonyl (C=O) groups excluding carboxylic acids is 2. The van der Waals surface area contributed by atoms with Gasteiger partial charge in [0.05, 0.1) is 27.8 Å². The molecule has 0 bridgehead atoms. The van der Waals surface area contributed by atoms with Gasteiger partial charge in [-0.25, -0.2) is 4.79 Å². The summed E-state index contributed by atoms with van der Waals surface area (Å²) in [5.41, 5.74) is 0.629. The largest absolute Gasteiger partial charge is 0.493 e. The van der Waals surface area contributed by atoms with Crippen LogP contribution in [0.2, 0.25) is 0 Å². The third-order valence-corrected chi connectivity index (χ3v) is 5.67. The first kappa shape index (κ1) is 23.8. The molecular formula is C23H34O7. The third kappa shape index (κ3) is 6.28. The Morgan fingerprint density at radius 1 is 1.00 bits per heavy atom. The van der Waals surface area contributed by atoms with Crippen molar-refractivity contribution in [1.82, 2.24) is 0 Å². The molecule has 0 unspecified atom stereocenters. The molecule has 1 aliphatic carbocycles. The van der Waals surface area contributed by atoms with Crippen molar-refractivity contribution in [2.75, 3.05) is 27.9 Å². The Morgan fingerprint density at radius 2 is 1.63 bits per heavy atom. The first-order valence-corrected chi connectivity index (χ1v) is 10.4. The standard InChI is InChI=1S/C23H34O7/c1-14(2)17-8-7-15(3)9-18(17)30-22(25)13-29-21(24)12-16-10-19(26-4)23(28-6)20(11-16)27-5/h10-11,14-15,17-18H,7-9,12-13H2,1-6H3/t15-,17+,18+/m0/s1. The van der Waals surface area contributed by atoms with Crippen LogP contribution in [0.4, 0.5) is 0 Å². The van der Waals surface area contributed by atoms with Crippen molar-refractivity contribution >= 4 is 11.9 Å². The predicted octanol–water partition coefficient (Wildman–Crippen LogP) is 3.80. The topological polar surface area (TPSA) is 80.3 Å². The highest BCUT2D eigenvalue weighted by Gasteiger charge is 2.33. The maximum absolute atomic E-state index is 12.3. The van der Waals surface area contributed by atoms with Crippen molar-refractivity contribution in [2.24, 2.45) is 17.8 Å². The van der Waals surface area contributed by atoms with E-state index in [9.17, 15) is 9.59 Å². The van der Waals surface area contributed by atoms with Crippen LogP contribution in [0, 0.1) is 17.8 Å². The molecule has 168 valence electrons. The van der Waals surface area contributed by atoms with Gasteiger partial charge in [0.1, 0.15) is 6.10 Å². The molecule has 1 saturated carbocycles. The summed E-state index contributed by atoms with van der Waals surface area (Å²) in [6, 6.07) is 3.36. The quantitative estimate of drug-likeness (QED) is 0.560. The van der Waals surface area contributed by atoms with Crippen LogP contribution >= 0.6 is 0 Å². The SMILES string of the molecule is COc1cc(CC(=O)OCC(=O)O[C@@H]2C[C@@H](C)CC[C@@H]2C(C)C)cc(OC)c1OC. The number of benzene rings is 1. The Balaban J connectivity index is 1.92. The van der Waals surface area contributed by atoms with E-state index in [1.54, 1.807) is 12.1 Å². The van der Waals surface area contributed by atoms with Crippen LogP contribution in [0.3, 0.4) is 0 Å². The summed E-state index contributed by atoms with van der Waals surface area (Å²) < 4.78 is 26.7. The molecule has 0 amide bonds. The molecule has 7 nitrogen and oxygen atoms in total. The lowest BCUT2D eigenvalue weighted by Crippen LogP contribution is -2.36. The normalized spacial score (nSPS) is 21.1. The molecule has 0 aromatic heterocycles. The van der Waals surface area contributed by atoms with E-state index in [1.807, 2.05) is 0 Å². The molecule has 7 heteroatoms. The number of hydrogen-bond acceptors (Lipinski definition) is 7. The van der Waals surface area contributed by atoms with Crippen LogP contribution < -0.4 is 14.2 Å². The lowest BCUT2D eigenvalue weighted by Gasteiger charge is -2.36. The fourth-order valence-electron chi connectivity index (χ4n) is 4.05. The van der Waals surface area contributed by atoms with Crippen LogP contribution in [-0.2, 0) is 25.5 Å². The maximum Gasteiger partial charge on any atom is 0.344 e. The monoisotopic (exact) mass is 422 g/mol. The molecule has 3 atom stereocenters. The van der Waals surface area contributed by atoms with E-state index >= 15 is 0 Å². The number of methoxy groups -OCH3 is 3. The van der Waals surface area contributed by atoms with E-state index in [2.05, 4.69) is 20.8 Å². The molecule has 30 heavy (non-hydrogen) atoms. The fraction of sp³-hybridized carbons (Fsp3) is 0.652. The molecular weight excluding hydrogens is 388 g/mol. The Bertz CT molecular complexity index is 703. The number of esters is 2. The summed E-state index contributed by atoms with van der Waals surface area (Å²) >= 11 is 0. The van der Waals surface area contributed by atoms with E-state index in [0.717, 1.165) is 19.3 Å². The van der Waals surface area contributed by atoms with Gasteiger partial charge in [-0.15, -0.1) is 0 Å². The molecule has 0 aliphatic heterocycles. The molecule has 0 N–H and O–H groups in total. The Hall–Kier alpha value is -2.44. The van der Waals surface area contributed by atoms with Crippen molar-refractivity contribution < 1.29 is 33.3 Å². The number of carbonyl (C=O) groups is 2. The minimum atomic E-state index is -0.529. The summed E-state index contributed by atoms with van der Waals surface area (Å²) in [5.74, 6) is 1.63. The van der Waals surface area contributed by atoms with Gasteiger partial charge in [0.25, 0.3) is 0 Å². The van der Waals surface area contributed by atoms with Crippen LogP contribution in [0.25, 0.3) is 0 Å². The first-order chi connectivity index (χ1) is 14.3. The van der Waals surface area contributed by atoms with E-state index in [0.29, 0.717) is 40.6 Å². The maximum atomic E-state index is 12.3. The number of hydrogen-bond donors (Lipinski definition) is 0. The van der Waals surface area contributed by atoms with Gasteiger partial charge in [-0.3, -0.25) is 4.79 Å². The van der Waals surface area contributed by atoms with Gasteiger partial charge in [0, 0.05) is 0 Å².